The molecule has 3 saturated carbocycles. The quantitative estimate of drug-likeness (QED) is 0.264. The Labute approximate surface area is 311 Å². The maximum atomic E-state index is 14.8. The summed E-state index contributed by atoms with van der Waals surface area (Å²) in [5, 5.41) is 1.00. The van der Waals surface area contributed by atoms with Crippen LogP contribution in [0.15, 0.2) is 42.6 Å². The number of Topliss-reactive ketones (excluding diaryl/α,β-unsaturated/α-hetero) is 1. The summed E-state index contributed by atoms with van der Waals surface area (Å²) in [7, 11) is -2.25. The van der Waals surface area contributed by atoms with Crippen LogP contribution >= 0.6 is 0 Å². The number of hydrogen-bond acceptors (Lipinski definition) is 10. The number of nitrogens with zero attached hydrogens (tertiary/aromatic N) is 2. The lowest BCUT2D eigenvalue weighted by Gasteiger charge is -2.32. The first-order valence-electron chi connectivity index (χ1n) is 19.1. The Morgan fingerprint density at radius 3 is 2.57 bits per heavy atom. The highest BCUT2D eigenvalue weighted by Crippen LogP contribution is 2.57. The van der Waals surface area contributed by atoms with Crippen molar-refractivity contribution in [1.82, 2.24) is 14.6 Å². The van der Waals surface area contributed by atoms with Gasteiger partial charge in [-0.1, -0.05) is 26.0 Å². The lowest BCUT2D eigenvalue weighted by molar-refractivity contribution is -0.156. The van der Waals surface area contributed by atoms with Gasteiger partial charge in [0, 0.05) is 24.4 Å². The number of benzene rings is 1. The number of nitrogens with one attached hydrogen (secondary N) is 1. The Hall–Kier alpha value is -4.00. The zero-order chi connectivity index (χ0) is 37.7. The zero-order valence-electron chi connectivity index (χ0n) is 31.0. The summed E-state index contributed by atoms with van der Waals surface area (Å²) >= 11 is 0. The van der Waals surface area contributed by atoms with Crippen molar-refractivity contribution in [1.29, 1.82) is 0 Å². The van der Waals surface area contributed by atoms with Crippen LogP contribution in [0.5, 0.6) is 11.6 Å². The molecule has 0 bridgehead atoms. The summed E-state index contributed by atoms with van der Waals surface area (Å²) in [6, 6.07) is 6.43. The van der Waals surface area contributed by atoms with Crippen molar-refractivity contribution in [2.24, 2.45) is 29.1 Å². The minimum atomic E-state index is -3.84. The minimum absolute atomic E-state index is 0.0770. The Morgan fingerprint density at radius 1 is 1.08 bits per heavy atom. The van der Waals surface area contributed by atoms with Gasteiger partial charge in [0.25, 0.3) is 0 Å². The van der Waals surface area contributed by atoms with E-state index in [-0.39, 0.29) is 55.3 Å². The summed E-state index contributed by atoms with van der Waals surface area (Å²) in [4.78, 5) is 62.5. The van der Waals surface area contributed by atoms with Gasteiger partial charge in [0.15, 0.2) is 5.78 Å². The summed E-state index contributed by atoms with van der Waals surface area (Å²) in [6.45, 7) is 6.09. The largest absolute Gasteiger partial charge is 0.497 e. The van der Waals surface area contributed by atoms with Crippen LogP contribution in [0.4, 0.5) is 0 Å². The molecule has 13 heteroatoms. The molecule has 1 aromatic heterocycles. The van der Waals surface area contributed by atoms with Crippen LogP contribution in [0, 0.1) is 29.1 Å². The molecule has 0 unspecified atom stereocenters. The molecule has 4 fully saturated rings. The van der Waals surface area contributed by atoms with Crippen molar-refractivity contribution in [3.05, 3.63) is 42.6 Å². The third-order valence-corrected chi connectivity index (χ3v) is 13.9. The maximum absolute atomic E-state index is 14.8. The minimum Gasteiger partial charge on any atom is -0.497 e. The standard InChI is InChI=1S/C40H51N3O9S/c1-24-7-5-6-8-27-21-40(27,38(47)42-53(48,49)30-10-11-30)22-34(44)33-19-29(51-36-31-12-9-28(50-4)18-26(31)13-16-41-36)23-43(33)37(46)32(25(2)17-24)20-35(45)52-39(3)14-15-39/h6,8-9,12-13,16,18,24-25,27,29-30,32-33H,5,7,10-11,14-15,17,19-23H2,1-4H3,(H,42,47)/b8-6-/t24-,25-,27-,29-,32+,33+,40-/m1/s1. The zero-order valence-corrected chi connectivity index (χ0v) is 31.9. The molecular weight excluding hydrogens is 699 g/mol. The summed E-state index contributed by atoms with van der Waals surface area (Å²) < 4.78 is 45.7. The summed E-state index contributed by atoms with van der Waals surface area (Å²) in [6.07, 6.45) is 9.98. The van der Waals surface area contributed by atoms with Gasteiger partial charge >= 0.3 is 5.97 Å². The van der Waals surface area contributed by atoms with E-state index in [0.717, 1.165) is 36.5 Å². The number of hydrogen-bond donors (Lipinski definition) is 1. The molecule has 0 spiro atoms. The molecule has 7 rings (SSSR count). The van der Waals surface area contributed by atoms with Gasteiger partial charge in [-0.3, -0.25) is 23.9 Å². The summed E-state index contributed by atoms with van der Waals surface area (Å²) in [5.74, 6) is -1.71. The molecule has 53 heavy (non-hydrogen) atoms. The van der Waals surface area contributed by atoms with E-state index in [1.807, 2.05) is 50.3 Å². The molecule has 0 radical (unpaired) electrons. The first-order valence-corrected chi connectivity index (χ1v) is 20.6. The van der Waals surface area contributed by atoms with Crippen molar-refractivity contribution in [3.63, 3.8) is 0 Å². The van der Waals surface area contributed by atoms with Crippen molar-refractivity contribution < 1.29 is 41.8 Å². The number of sulfonamides is 1. The highest BCUT2D eigenvalue weighted by molar-refractivity contribution is 7.90. The fourth-order valence-corrected chi connectivity index (χ4v) is 9.65. The van der Waals surface area contributed by atoms with E-state index in [2.05, 4.69) is 16.6 Å². The molecule has 1 aromatic carbocycles. The lowest BCUT2D eigenvalue weighted by atomic mass is 9.82. The van der Waals surface area contributed by atoms with Gasteiger partial charge in [-0.25, -0.2) is 13.4 Å². The fourth-order valence-electron chi connectivity index (χ4n) is 8.27. The first-order chi connectivity index (χ1) is 25.2. The average Bonchev–Trinajstić information content (AvgIpc) is 4.06. The van der Waals surface area contributed by atoms with Gasteiger partial charge in [0.05, 0.1) is 42.7 Å². The van der Waals surface area contributed by atoms with Crippen LogP contribution in [-0.2, 0) is 33.9 Å². The predicted octanol–water partition coefficient (Wildman–Crippen LogP) is 5.28. The second-order valence-electron chi connectivity index (χ2n) is 16.5. The number of aromatic nitrogens is 1. The fraction of sp³-hybridized carbons (Fsp3) is 0.625. The number of carbonyl (C=O) groups excluding carboxylic acids is 4. The molecule has 2 amide bonds. The van der Waals surface area contributed by atoms with Crippen LogP contribution in [-0.4, -0.2) is 78.5 Å². The molecule has 5 aliphatic rings. The number of methoxy groups -OCH3 is 1. The Bertz CT molecular complexity index is 1920. The number of ether oxygens (including phenoxy) is 3. The Balaban J connectivity index is 1.21. The average molecular weight is 750 g/mol. The Kier molecular flexibility index (Phi) is 10.1. The number of amides is 2. The monoisotopic (exact) mass is 749 g/mol. The van der Waals surface area contributed by atoms with Crippen molar-refractivity contribution in [2.45, 2.75) is 114 Å². The van der Waals surface area contributed by atoms with Crippen LogP contribution in [0.25, 0.3) is 10.8 Å². The Morgan fingerprint density at radius 2 is 1.85 bits per heavy atom. The number of esters is 1. The number of allylic oxidation sites excluding steroid dienone is 2. The molecule has 286 valence electrons. The smallest absolute Gasteiger partial charge is 0.307 e. The predicted molar refractivity (Wildman–Crippen MR) is 196 cm³/mol. The molecule has 1 saturated heterocycles. The normalized spacial score (nSPS) is 32.0. The molecule has 7 atom stereocenters. The van der Waals surface area contributed by atoms with E-state index < -0.39 is 56.2 Å². The first kappa shape index (κ1) is 37.3. The van der Waals surface area contributed by atoms with Gasteiger partial charge in [-0.05, 0) is 106 Å². The van der Waals surface area contributed by atoms with E-state index in [1.54, 1.807) is 18.2 Å². The topological polar surface area (TPSA) is 158 Å². The van der Waals surface area contributed by atoms with E-state index in [9.17, 15) is 27.6 Å². The van der Waals surface area contributed by atoms with E-state index in [0.29, 0.717) is 37.3 Å². The van der Waals surface area contributed by atoms with E-state index >= 15 is 0 Å². The van der Waals surface area contributed by atoms with Crippen LogP contribution in [0.2, 0.25) is 0 Å². The molecule has 2 aliphatic heterocycles. The lowest BCUT2D eigenvalue weighted by Crippen LogP contribution is -2.47. The number of carbonyl (C=O) groups is 4. The van der Waals surface area contributed by atoms with Crippen LogP contribution < -0.4 is 14.2 Å². The van der Waals surface area contributed by atoms with Gasteiger partial charge in [0.1, 0.15) is 17.5 Å². The molecule has 3 aliphatic carbocycles. The van der Waals surface area contributed by atoms with Crippen molar-refractivity contribution >= 4 is 44.4 Å². The van der Waals surface area contributed by atoms with Crippen LogP contribution in [0.1, 0.15) is 91.4 Å². The molecule has 3 heterocycles. The van der Waals surface area contributed by atoms with Crippen LogP contribution in [0.3, 0.4) is 0 Å². The van der Waals surface area contributed by atoms with Gasteiger partial charge in [0.2, 0.25) is 27.7 Å². The van der Waals surface area contributed by atoms with Gasteiger partial charge in [-0.2, -0.15) is 0 Å². The molecular formula is C40H51N3O9S. The van der Waals surface area contributed by atoms with Crippen molar-refractivity contribution in [2.75, 3.05) is 13.7 Å². The SMILES string of the molecule is COc1ccc2c(O[C@@H]3C[C@H]4C(=O)C[C@]5(C(=O)NS(=O)(=O)C6CC6)C[C@H]5/C=C\CC[C@@H](C)C[C@@H](C)[C@H](CC(=O)OC5(C)CC5)C(=O)N4C3)nccc2c1. The maximum Gasteiger partial charge on any atom is 0.307 e. The highest BCUT2D eigenvalue weighted by Gasteiger charge is 2.61. The number of pyridine rings is 1. The number of ketones is 1. The van der Waals surface area contributed by atoms with Gasteiger partial charge < -0.3 is 19.1 Å². The second-order valence-corrected chi connectivity index (χ2v) is 18.5. The third-order valence-electron chi connectivity index (χ3n) is 12.1. The molecule has 2 aromatic rings. The second kappa shape index (κ2) is 14.3. The van der Waals surface area contributed by atoms with Crippen molar-refractivity contribution in [3.8, 4) is 11.6 Å². The third kappa shape index (κ3) is 8.10. The summed E-state index contributed by atoms with van der Waals surface area (Å²) in [5.41, 5.74) is -1.73. The van der Waals surface area contributed by atoms with E-state index in [4.69, 9.17) is 14.2 Å². The van der Waals surface area contributed by atoms with Gasteiger partial charge in [-0.15, -0.1) is 0 Å². The number of rotatable bonds is 9. The number of fused-ring (bicyclic) bond motifs is 3. The molecule has 1 N–H and O–H groups in total. The van der Waals surface area contributed by atoms with E-state index in [1.165, 1.54) is 0 Å². The molecule has 12 nitrogen and oxygen atoms in total. The highest BCUT2D eigenvalue weighted by atomic mass is 32.2.